The first-order chi connectivity index (χ1) is 9.17. The highest BCUT2D eigenvalue weighted by Gasteiger charge is 2.12. The maximum absolute atomic E-state index is 6.11. The number of hydrogen-bond acceptors (Lipinski definition) is 1. The van der Waals surface area contributed by atoms with Crippen LogP contribution >= 0.6 is 34.8 Å². The second-order valence-corrected chi connectivity index (χ2v) is 5.77. The van der Waals surface area contributed by atoms with Gasteiger partial charge < -0.3 is 4.57 Å². The summed E-state index contributed by atoms with van der Waals surface area (Å²) in [5.41, 5.74) is 1.94. The van der Waals surface area contributed by atoms with Crippen molar-refractivity contribution in [1.82, 2.24) is 9.55 Å². The van der Waals surface area contributed by atoms with E-state index in [4.69, 9.17) is 34.8 Å². The van der Waals surface area contributed by atoms with Crippen LogP contribution in [0, 0.1) is 0 Å². The third-order valence-electron chi connectivity index (χ3n) is 3.17. The van der Waals surface area contributed by atoms with Crippen molar-refractivity contribution >= 4 is 45.8 Å². The third kappa shape index (κ3) is 3.36. The average molecular weight is 320 g/mol. The molecule has 2 rings (SSSR count). The van der Waals surface area contributed by atoms with Gasteiger partial charge in [0.1, 0.15) is 5.82 Å². The van der Waals surface area contributed by atoms with Gasteiger partial charge in [-0.05, 0) is 18.6 Å². The van der Waals surface area contributed by atoms with Gasteiger partial charge in [-0.1, -0.05) is 43.0 Å². The lowest BCUT2D eigenvalue weighted by Gasteiger charge is -2.08. The van der Waals surface area contributed by atoms with Gasteiger partial charge in [-0.2, -0.15) is 0 Å². The number of aryl methyl sites for hydroxylation is 2. The van der Waals surface area contributed by atoms with Crippen LogP contribution in [0.1, 0.15) is 32.0 Å². The van der Waals surface area contributed by atoms with Crippen LogP contribution in [-0.2, 0) is 13.0 Å². The third-order valence-corrected chi connectivity index (χ3v) is 4.08. The Kier molecular flexibility index (Phi) is 5.37. The van der Waals surface area contributed by atoms with E-state index in [1.165, 1.54) is 12.8 Å². The van der Waals surface area contributed by atoms with Crippen molar-refractivity contribution in [3.05, 3.63) is 28.0 Å². The van der Waals surface area contributed by atoms with Gasteiger partial charge in [0.15, 0.2) is 0 Å². The number of alkyl halides is 1. The second-order valence-electron chi connectivity index (χ2n) is 4.58. The molecule has 0 N–H and O–H groups in total. The summed E-state index contributed by atoms with van der Waals surface area (Å²) in [6.07, 6.45) is 4.31. The quantitative estimate of drug-likeness (QED) is 0.521. The standard InChI is InChI=1S/C14H17Cl3N2/c1-2-3-4-7-19-13-9-11(17)10(16)8-12(13)18-14(19)5-6-15/h8-9H,2-7H2,1H3. The van der Waals surface area contributed by atoms with Crippen molar-refractivity contribution in [3.8, 4) is 0 Å². The minimum absolute atomic E-state index is 0.546. The monoisotopic (exact) mass is 318 g/mol. The molecule has 0 radical (unpaired) electrons. The van der Waals surface area contributed by atoms with E-state index in [0.717, 1.165) is 36.2 Å². The number of hydrogen-bond donors (Lipinski definition) is 0. The van der Waals surface area contributed by atoms with Crippen molar-refractivity contribution in [2.75, 3.05) is 5.88 Å². The molecule has 0 spiro atoms. The minimum Gasteiger partial charge on any atom is -0.328 e. The molecule has 0 unspecified atom stereocenters. The van der Waals surface area contributed by atoms with E-state index in [1.807, 2.05) is 12.1 Å². The molecular formula is C14H17Cl3N2. The molecular weight excluding hydrogens is 303 g/mol. The molecule has 1 aromatic carbocycles. The number of rotatable bonds is 6. The van der Waals surface area contributed by atoms with Gasteiger partial charge >= 0.3 is 0 Å². The number of nitrogens with zero attached hydrogens (tertiary/aromatic N) is 2. The van der Waals surface area contributed by atoms with Crippen LogP contribution in [0.15, 0.2) is 12.1 Å². The van der Waals surface area contributed by atoms with Crippen LogP contribution < -0.4 is 0 Å². The summed E-state index contributed by atoms with van der Waals surface area (Å²) < 4.78 is 2.22. The van der Waals surface area contributed by atoms with Crippen LogP contribution in [0.5, 0.6) is 0 Å². The Balaban J connectivity index is 2.43. The molecule has 0 saturated carbocycles. The van der Waals surface area contributed by atoms with Gasteiger partial charge in [-0.25, -0.2) is 4.98 Å². The largest absolute Gasteiger partial charge is 0.328 e. The van der Waals surface area contributed by atoms with Crippen molar-refractivity contribution in [1.29, 1.82) is 0 Å². The van der Waals surface area contributed by atoms with Gasteiger partial charge in [0.2, 0.25) is 0 Å². The fourth-order valence-corrected chi connectivity index (χ4v) is 2.70. The SMILES string of the molecule is CCCCCn1c(CCCl)nc2cc(Cl)c(Cl)cc21. The number of imidazole rings is 1. The Morgan fingerprint density at radius 1 is 1.16 bits per heavy atom. The zero-order chi connectivity index (χ0) is 13.8. The molecule has 2 aromatic rings. The maximum Gasteiger partial charge on any atom is 0.111 e. The molecule has 104 valence electrons. The lowest BCUT2D eigenvalue weighted by Crippen LogP contribution is -2.04. The lowest BCUT2D eigenvalue weighted by molar-refractivity contribution is 0.594. The molecule has 5 heteroatoms. The van der Waals surface area contributed by atoms with Crippen LogP contribution in [-0.4, -0.2) is 15.4 Å². The molecule has 0 saturated heterocycles. The first-order valence-electron chi connectivity index (χ1n) is 6.57. The molecule has 0 aliphatic carbocycles. The first kappa shape index (κ1) is 15.0. The summed E-state index contributed by atoms with van der Waals surface area (Å²) in [7, 11) is 0. The maximum atomic E-state index is 6.11. The molecule has 0 amide bonds. The second kappa shape index (κ2) is 6.83. The molecule has 0 aliphatic heterocycles. The summed E-state index contributed by atoms with van der Waals surface area (Å²) in [5.74, 6) is 1.58. The minimum atomic E-state index is 0.546. The normalized spacial score (nSPS) is 11.4. The Bertz CT molecular complexity index is 563. The van der Waals surface area contributed by atoms with Gasteiger partial charge in [0.25, 0.3) is 0 Å². The van der Waals surface area contributed by atoms with Crippen molar-refractivity contribution < 1.29 is 0 Å². The summed E-state index contributed by atoms with van der Waals surface area (Å²) >= 11 is 18.0. The first-order valence-corrected chi connectivity index (χ1v) is 7.86. The Morgan fingerprint density at radius 3 is 2.58 bits per heavy atom. The fraction of sp³-hybridized carbons (Fsp3) is 0.500. The molecule has 19 heavy (non-hydrogen) atoms. The Labute approximate surface area is 128 Å². The van der Waals surface area contributed by atoms with Crippen molar-refractivity contribution in [2.45, 2.75) is 39.2 Å². The Morgan fingerprint density at radius 2 is 1.89 bits per heavy atom. The Hall–Kier alpha value is -0.440. The highest BCUT2D eigenvalue weighted by Crippen LogP contribution is 2.28. The van der Waals surface area contributed by atoms with Crippen LogP contribution in [0.4, 0.5) is 0 Å². The summed E-state index contributed by atoms with van der Waals surface area (Å²) in [4.78, 5) is 4.62. The zero-order valence-electron chi connectivity index (χ0n) is 10.9. The molecule has 1 heterocycles. The number of benzene rings is 1. The van der Waals surface area contributed by atoms with Gasteiger partial charge in [0.05, 0.1) is 21.1 Å². The summed E-state index contributed by atoms with van der Waals surface area (Å²) in [6, 6.07) is 3.73. The van der Waals surface area contributed by atoms with E-state index >= 15 is 0 Å². The van der Waals surface area contributed by atoms with Crippen LogP contribution in [0.3, 0.4) is 0 Å². The highest BCUT2D eigenvalue weighted by atomic mass is 35.5. The smallest absolute Gasteiger partial charge is 0.111 e. The van der Waals surface area contributed by atoms with E-state index in [2.05, 4.69) is 16.5 Å². The number of halogens is 3. The highest BCUT2D eigenvalue weighted by molar-refractivity contribution is 6.42. The van der Waals surface area contributed by atoms with Crippen LogP contribution in [0.25, 0.3) is 11.0 Å². The van der Waals surface area contributed by atoms with Crippen molar-refractivity contribution in [3.63, 3.8) is 0 Å². The molecule has 1 aromatic heterocycles. The van der Waals surface area contributed by atoms with E-state index in [0.29, 0.717) is 15.9 Å². The number of unbranched alkanes of at least 4 members (excludes halogenated alkanes) is 2. The predicted molar refractivity (Wildman–Crippen MR) is 83.7 cm³/mol. The molecule has 0 fully saturated rings. The topological polar surface area (TPSA) is 17.8 Å². The molecule has 0 aliphatic rings. The number of fused-ring (bicyclic) bond motifs is 1. The predicted octanol–water partition coefficient (Wildman–Crippen LogP) is 5.31. The summed E-state index contributed by atoms with van der Waals surface area (Å²) in [5, 5.41) is 1.12. The molecule has 0 atom stereocenters. The van der Waals surface area contributed by atoms with Crippen molar-refractivity contribution in [2.24, 2.45) is 0 Å². The molecule has 0 bridgehead atoms. The van der Waals surface area contributed by atoms with E-state index in [1.54, 1.807) is 0 Å². The van der Waals surface area contributed by atoms with Gasteiger partial charge in [0, 0.05) is 18.8 Å². The van der Waals surface area contributed by atoms with Crippen LogP contribution in [0.2, 0.25) is 10.0 Å². The average Bonchev–Trinajstić information content (AvgIpc) is 2.69. The van der Waals surface area contributed by atoms with Gasteiger partial charge in [-0.3, -0.25) is 0 Å². The number of aromatic nitrogens is 2. The lowest BCUT2D eigenvalue weighted by atomic mass is 10.2. The molecule has 2 nitrogen and oxygen atoms in total. The zero-order valence-corrected chi connectivity index (χ0v) is 13.2. The van der Waals surface area contributed by atoms with Gasteiger partial charge in [-0.15, -0.1) is 11.6 Å². The summed E-state index contributed by atoms with van der Waals surface area (Å²) in [6.45, 7) is 3.15. The van der Waals surface area contributed by atoms with E-state index in [-0.39, 0.29) is 0 Å². The van der Waals surface area contributed by atoms with E-state index < -0.39 is 0 Å². The fourth-order valence-electron chi connectivity index (χ4n) is 2.21. The van der Waals surface area contributed by atoms with E-state index in [9.17, 15) is 0 Å².